The molecule has 1 amide bonds. The van der Waals surface area contributed by atoms with Crippen LogP contribution in [-0.2, 0) is 33.0 Å². The van der Waals surface area contributed by atoms with Crippen molar-refractivity contribution in [3.8, 4) is 11.3 Å². The molecule has 0 saturated carbocycles. The van der Waals surface area contributed by atoms with Gasteiger partial charge in [-0.05, 0) is 73.7 Å². The Labute approximate surface area is 189 Å². The first-order chi connectivity index (χ1) is 15.5. The summed E-state index contributed by atoms with van der Waals surface area (Å²) < 4.78 is 2.03. The van der Waals surface area contributed by atoms with Gasteiger partial charge in [-0.1, -0.05) is 24.3 Å². The van der Waals surface area contributed by atoms with E-state index in [1.54, 1.807) is 0 Å². The number of hydrogen-bond acceptors (Lipinski definition) is 3. The van der Waals surface area contributed by atoms with Crippen LogP contribution in [0.25, 0.3) is 11.3 Å². The topological polar surface area (TPSA) is 54.3 Å². The van der Waals surface area contributed by atoms with E-state index in [-0.39, 0.29) is 11.9 Å². The molecule has 164 valence electrons. The van der Waals surface area contributed by atoms with Gasteiger partial charge in [-0.2, -0.15) is 0 Å². The van der Waals surface area contributed by atoms with Crippen molar-refractivity contribution in [2.24, 2.45) is 7.05 Å². The van der Waals surface area contributed by atoms with E-state index in [0.29, 0.717) is 12.1 Å². The summed E-state index contributed by atoms with van der Waals surface area (Å²) in [5.74, 6) is 0.0573. The van der Waals surface area contributed by atoms with Crippen molar-refractivity contribution in [1.29, 1.82) is 0 Å². The molecule has 0 aliphatic carbocycles. The van der Waals surface area contributed by atoms with Crippen LogP contribution in [-0.4, -0.2) is 34.2 Å². The number of aromatic nitrogens is 1. The number of fused-ring (bicyclic) bond motifs is 2. The number of benzene rings is 2. The molecule has 0 fully saturated rings. The fourth-order valence-corrected chi connectivity index (χ4v) is 5.13. The average Bonchev–Trinajstić information content (AvgIpc) is 3.10. The third-order valence-electron chi connectivity index (χ3n) is 7.20. The Morgan fingerprint density at radius 2 is 1.88 bits per heavy atom. The van der Waals surface area contributed by atoms with Gasteiger partial charge in [-0.15, -0.1) is 0 Å². The molecule has 32 heavy (non-hydrogen) atoms. The van der Waals surface area contributed by atoms with Crippen LogP contribution in [0.5, 0.6) is 0 Å². The number of rotatable bonds is 3. The summed E-state index contributed by atoms with van der Waals surface area (Å²) in [6, 6.07) is 14.7. The van der Waals surface area contributed by atoms with E-state index in [4.69, 9.17) is 0 Å². The molecule has 0 spiro atoms. The minimum atomic E-state index is 0.0573. The van der Waals surface area contributed by atoms with Gasteiger partial charge in [-0.3, -0.25) is 9.59 Å². The lowest BCUT2D eigenvalue weighted by Crippen LogP contribution is -2.43. The molecule has 2 aromatic carbocycles. The van der Waals surface area contributed by atoms with Crippen LogP contribution in [0, 0.1) is 6.92 Å². The smallest absolute Gasteiger partial charge is 0.255 e. The molecule has 0 saturated heterocycles. The second kappa shape index (κ2) is 8.06. The van der Waals surface area contributed by atoms with Crippen molar-refractivity contribution in [2.75, 3.05) is 6.54 Å². The average molecular weight is 428 g/mol. The lowest BCUT2D eigenvalue weighted by Gasteiger charge is -2.35. The zero-order valence-corrected chi connectivity index (χ0v) is 18.9. The van der Waals surface area contributed by atoms with E-state index in [2.05, 4.69) is 42.6 Å². The highest BCUT2D eigenvalue weighted by atomic mass is 16.2. The van der Waals surface area contributed by atoms with E-state index < -0.39 is 0 Å². The van der Waals surface area contributed by atoms with Gasteiger partial charge in [0.25, 0.3) is 5.91 Å². The van der Waals surface area contributed by atoms with Crippen molar-refractivity contribution in [1.82, 2.24) is 14.8 Å². The summed E-state index contributed by atoms with van der Waals surface area (Å²) in [4.78, 5) is 27.6. The molecule has 5 nitrogen and oxygen atoms in total. The summed E-state index contributed by atoms with van der Waals surface area (Å²) in [6.45, 7) is 6.41. The maximum absolute atomic E-state index is 14.0. The van der Waals surface area contributed by atoms with Crippen LogP contribution >= 0.6 is 0 Å². The zero-order valence-electron chi connectivity index (χ0n) is 18.9. The van der Waals surface area contributed by atoms with Crippen LogP contribution in [0.15, 0.2) is 42.5 Å². The summed E-state index contributed by atoms with van der Waals surface area (Å²) in [5, 5.41) is 3.42. The highest BCUT2D eigenvalue weighted by Gasteiger charge is 2.30. The number of nitrogens with zero attached hydrogens (tertiary/aromatic N) is 2. The molecule has 1 aromatic heterocycles. The number of nitrogens with one attached hydrogen (secondary N) is 1. The van der Waals surface area contributed by atoms with Crippen molar-refractivity contribution < 1.29 is 9.59 Å². The van der Waals surface area contributed by atoms with Crippen molar-refractivity contribution in [2.45, 2.75) is 45.8 Å². The van der Waals surface area contributed by atoms with Gasteiger partial charge in [0.15, 0.2) is 6.29 Å². The predicted molar refractivity (Wildman–Crippen MR) is 126 cm³/mol. The SMILES string of the molecule is Cc1c(C=O)cc(-c2cc3c(cc2C(=O)N2Cc4ccccc4CC2C)CNCC3)n1C. The summed E-state index contributed by atoms with van der Waals surface area (Å²) in [5.41, 5.74) is 9.14. The number of aldehydes is 1. The fraction of sp³-hybridized carbons (Fsp3) is 0.333. The van der Waals surface area contributed by atoms with Crippen molar-refractivity contribution >= 4 is 12.2 Å². The Balaban J connectivity index is 1.63. The first-order valence-electron chi connectivity index (χ1n) is 11.3. The minimum absolute atomic E-state index is 0.0573. The molecule has 0 radical (unpaired) electrons. The minimum Gasteiger partial charge on any atom is -0.347 e. The van der Waals surface area contributed by atoms with E-state index in [9.17, 15) is 9.59 Å². The number of hydrogen-bond donors (Lipinski definition) is 1. The molecule has 2 aliphatic rings. The molecular formula is C27H29N3O2. The van der Waals surface area contributed by atoms with E-state index in [0.717, 1.165) is 54.7 Å². The maximum Gasteiger partial charge on any atom is 0.255 e. The molecule has 3 aromatic rings. The van der Waals surface area contributed by atoms with E-state index >= 15 is 0 Å². The lowest BCUT2D eigenvalue weighted by molar-refractivity contribution is 0.0659. The Morgan fingerprint density at radius 3 is 2.62 bits per heavy atom. The first kappa shape index (κ1) is 20.7. The van der Waals surface area contributed by atoms with E-state index in [1.165, 1.54) is 22.3 Å². The summed E-state index contributed by atoms with van der Waals surface area (Å²) >= 11 is 0. The van der Waals surface area contributed by atoms with Gasteiger partial charge in [0.1, 0.15) is 0 Å². The van der Waals surface area contributed by atoms with Crippen molar-refractivity contribution in [3.05, 3.63) is 81.5 Å². The quantitative estimate of drug-likeness (QED) is 0.642. The second-order valence-corrected chi connectivity index (χ2v) is 9.10. The summed E-state index contributed by atoms with van der Waals surface area (Å²) in [7, 11) is 1.96. The molecule has 5 rings (SSSR count). The van der Waals surface area contributed by atoms with Gasteiger partial charge < -0.3 is 14.8 Å². The third kappa shape index (κ3) is 3.37. The largest absolute Gasteiger partial charge is 0.347 e. The highest BCUT2D eigenvalue weighted by molar-refractivity contribution is 6.02. The molecule has 1 unspecified atom stereocenters. The van der Waals surface area contributed by atoms with Gasteiger partial charge in [0.2, 0.25) is 0 Å². The Hall–Kier alpha value is -3.18. The highest BCUT2D eigenvalue weighted by Crippen LogP contribution is 2.34. The predicted octanol–water partition coefficient (Wildman–Crippen LogP) is 4.05. The lowest BCUT2D eigenvalue weighted by atomic mass is 9.90. The van der Waals surface area contributed by atoms with Crippen LogP contribution in [0.1, 0.15) is 55.6 Å². The number of carbonyl (C=O) groups is 2. The molecule has 0 bridgehead atoms. The molecule has 3 heterocycles. The van der Waals surface area contributed by atoms with Crippen LogP contribution in [0.2, 0.25) is 0 Å². The van der Waals surface area contributed by atoms with E-state index in [1.807, 2.05) is 35.6 Å². The molecule has 2 aliphatic heterocycles. The Kier molecular flexibility index (Phi) is 5.22. The monoisotopic (exact) mass is 427 g/mol. The number of amides is 1. The van der Waals surface area contributed by atoms with Gasteiger partial charge in [-0.25, -0.2) is 0 Å². The van der Waals surface area contributed by atoms with Gasteiger partial charge in [0.05, 0.1) is 0 Å². The van der Waals surface area contributed by atoms with Crippen LogP contribution in [0.3, 0.4) is 0 Å². The Morgan fingerprint density at radius 1 is 1.09 bits per heavy atom. The standard InChI is InChI=1S/C27H29N3O2/c1-17-10-19-6-4-5-7-21(19)15-30(17)27(32)25-12-22-14-28-9-8-20(22)11-24(25)26-13-23(16-31)18(2)29(26)3/h4-7,11-13,16-17,28H,8-10,14-15H2,1-3H3. The molecular weight excluding hydrogens is 398 g/mol. The molecule has 1 atom stereocenters. The van der Waals surface area contributed by atoms with Gasteiger partial charge in [0, 0.05) is 54.3 Å². The number of carbonyl (C=O) groups excluding carboxylic acids is 2. The third-order valence-corrected chi connectivity index (χ3v) is 7.20. The van der Waals surface area contributed by atoms with Gasteiger partial charge >= 0.3 is 0 Å². The second-order valence-electron chi connectivity index (χ2n) is 9.10. The first-order valence-corrected chi connectivity index (χ1v) is 11.3. The summed E-state index contributed by atoms with van der Waals surface area (Å²) in [6.07, 6.45) is 2.70. The van der Waals surface area contributed by atoms with Crippen LogP contribution < -0.4 is 5.32 Å². The maximum atomic E-state index is 14.0. The zero-order chi connectivity index (χ0) is 22.4. The van der Waals surface area contributed by atoms with Crippen LogP contribution in [0.4, 0.5) is 0 Å². The molecule has 1 N–H and O–H groups in total. The van der Waals surface area contributed by atoms with Crippen molar-refractivity contribution in [3.63, 3.8) is 0 Å². The fourth-order valence-electron chi connectivity index (χ4n) is 5.13. The normalized spacial score (nSPS) is 17.6. The molecule has 5 heteroatoms. The Bertz CT molecular complexity index is 1220.